The molecule has 0 aromatic heterocycles. The van der Waals surface area contributed by atoms with Gasteiger partial charge in [0.2, 0.25) is 0 Å². The second-order valence-electron chi connectivity index (χ2n) is 11.7. The normalized spacial score (nSPS) is 12.3. The number of fused-ring (bicyclic) bond motifs is 1. The Morgan fingerprint density at radius 1 is 0.658 bits per heavy atom. The maximum absolute atomic E-state index is 2.28. The summed E-state index contributed by atoms with van der Waals surface area (Å²) in [5.41, 5.74) is 9.37. The van der Waals surface area contributed by atoms with Crippen molar-refractivity contribution >= 4 is 3.21 Å². The zero-order chi connectivity index (χ0) is 26.2. The molecule has 1 aliphatic carbocycles. The van der Waals surface area contributed by atoms with Gasteiger partial charge in [0.05, 0.1) is 0 Å². The summed E-state index contributed by atoms with van der Waals surface area (Å²) in [5, 5.41) is 0. The first kappa shape index (κ1) is 34.5. The quantitative estimate of drug-likeness (QED) is 0.301. The van der Waals surface area contributed by atoms with Crippen LogP contribution in [0.3, 0.4) is 0 Å². The van der Waals surface area contributed by atoms with E-state index in [1.807, 2.05) is 0 Å². The Labute approximate surface area is 259 Å². The van der Waals surface area contributed by atoms with Crippen LogP contribution in [0.15, 0.2) is 97.1 Å². The van der Waals surface area contributed by atoms with Crippen LogP contribution in [0.2, 0.25) is 0 Å². The van der Waals surface area contributed by atoms with Crippen molar-refractivity contribution in [2.24, 2.45) is 0 Å². The predicted octanol–water partition coefficient (Wildman–Crippen LogP) is 3.10. The van der Waals surface area contributed by atoms with Crippen molar-refractivity contribution < 1.29 is 49.0 Å². The monoisotopic (exact) mass is 622 g/mol. The molecule has 0 amide bonds. The molecule has 0 atom stereocenters. The van der Waals surface area contributed by atoms with Crippen LogP contribution in [0.5, 0.6) is 0 Å². The van der Waals surface area contributed by atoms with Crippen LogP contribution < -0.4 is 24.8 Å². The predicted molar refractivity (Wildman–Crippen MR) is 154 cm³/mol. The standard InChI is InChI=1S/C13H10.C13H21.C9H11.2ClH.Zr/c1-3-7-12(8-4-1)11-13-9-5-2-6-10-13;1-12(2,3)10-8-7-9-11(10)13(4,5)6;1-2-5-9-7-3-6-8(9)4-1;;;/h1-10H;7-9H,1-6H3;3,6-7H,1-2,4-5H2;2*1H;/q;2*-1;;;+2/p-2. The molecule has 4 aromatic rings. The second-order valence-corrected chi connectivity index (χ2v) is 13.0. The molecule has 38 heavy (non-hydrogen) atoms. The van der Waals surface area contributed by atoms with Gasteiger partial charge >= 0.3 is 99.2 Å². The van der Waals surface area contributed by atoms with Gasteiger partial charge in [-0.25, -0.2) is 6.07 Å². The number of halogens is 2. The second kappa shape index (κ2) is 15.9. The maximum Gasteiger partial charge on any atom is -0.0512 e. The van der Waals surface area contributed by atoms with Gasteiger partial charge in [0.1, 0.15) is 0 Å². The van der Waals surface area contributed by atoms with Gasteiger partial charge in [-0.15, -0.1) is 0 Å². The number of rotatable bonds is 2. The number of aryl methyl sites for hydroxylation is 2. The van der Waals surface area contributed by atoms with Crippen molar-refractivity contribution in [3.8, 4) is 0 Å². The van der Waals surface area contributed by atoms with Gasteiger partial charge in [0.25, 0.3) is 0 Å². The van der Waals surface area contributed by atoms with Gasteiger partial charge in [-0.3, -0.25) is 0 Å². The van der Waals surface area contributed by atoms with E-state index in [-0.39, 0.29) is 35.6 Å². The fourth-order valence-electron chi connectivity index (χ4n) is 4.72. The molecular formula is C35H42Cl2Zr-2. The first-order valence-electron chi connectivity index (χ1n) is 13.3. The zero-order valence-electron chi connectivity index (χ0n) is 23.8. The average molecular weight is 625 g/mol. The minimum absolute atomic E-state index is 0. The first-order chi connectivity index (χ1) is 17.1. The van der Waals surface area contributed by atoms with E-state index in [0.29, 0.717) is 0 Å². The molecule has 0 bridgehead atoms. The molecule has 0 N–H and O–H groups in total. The maximum atomic E-state index is 2.28. The molecule has 0 aliphatic heterocycles. The van der Waals surface area contributed by atoms with Crippen molar-refractivity contribution in [3.63, 3.8) is 0 Å². The van der Waals surface area contributed by atoms with Gasteiger partial charge in [-0.1, -0.05) is 78.1 Å². The molecular weight excluding hydrogens is 583 g/mol. The van der Waals surface area contributed by atoms with Crippen LogP contribution in [-0.4, -0.2) is 3.21 Å². The first-order valence-corrected chi connectivity index (χ1v) is 14.5. The number of hydrogen-bond acceptors (Lipinski definition) is 0. The summed E-state index contributed by atoms with van der Waals surface area (Å²) in [6, 6.07) is 34.5. The summed E-state index contributed by atoms with van der Waals surface area (Å²) < 4.78 is 1.42. The van der Waals surface area contributed by atoms with Crippen LogP contribution in [-0.2, 0) is 47.9 Å². The van der Waals surface area contributed by atoms with Gasteiger partial charge in [0, 0.05) is 0 Å². The molecule has 0 unspecified atom stereocenters. The van der Waals surface area contributed by atoms with Gasteiger partial charge < -0.3 is 24.8 Å². The van der Waals surface area contributed by atoms with E-state index < -0.39 is 0 Å². The molecule has 0 saturated carbocycles. The smallest absolute Gasteiger partial charge is 0.0512 e. The Balaban J connectivity index is 0.000000283. The van der Waals surface area contributed by atoms with Gasteiger partial charge in [-0.05, 0) is 0 Å². The Bertz CT molecular complexity index is 1110. The fraction of sp³-hybridized carbons (Fsp3) is 0.343. The molecule has 0 saturated heterocycles. The molecule has 4 aromatic carbocycles. The van der Waals surface area contributed by atoms with E-state index >= 15 is 0 Å². The van der Waals surface area contributed by atoms with Crippen molar-refractivity contribution in [2.75, 3.05) is 0 Å². The van der Waals surface area contributed by atoms with E-state index in [0.717, 1.165) is 0 Å². The van der Waals surface area contributed by atoms with E-state index in [9.17, 15) is 0 Å². The molecule has 0 heterocycles. The van der Waals surface area contributed by atoms with Crippen LogP contribution >= 0.6 is 0 Å². The summed E-state index contributed by atoms with van der Waals surface area (Å²) in [7, 11) is 0. The van der Waals surface area contributed by atoms with E-state index in [2.05, 4.69) is 139 Å². The average Bonchev–Trinajstić information content (AvgIpc) is 3.55. The largest absolute Gasteiger partial charge is 0.210 e. The molecule has 0 radical (unpaired) electrons. The van der Waals surface area contributed by atoms with Crippen LogP contribution in [0, 0.1) is 0 Å². The number of hydrogen-bond donors (Lipinski definition) is 0. The molecule has 5 rings (SSSR count). The third-order valence-corrected chi connectivity index (χ3v) is 8.13. The van der Waals surface area contributed by atoms with Crippen LogP contribution in [0.4, 0.5) is 0 Å². The van der Waals surface area contributed by atoms with Gasteiger partial charge in [0.15, 0.2) is 0 Å². The topological polar surface area (TPSA) is 0 Å². The van der Waals surface area contributed by atoms with Crippen LogP contribution in [0.1, 0.15) is 87.8 Å². The third-order valence-electron chi connectivity index (χ3n) is 6.71. The van der Waals surface area contributed by atoms with E-state index in [1.54, 1.807) is 11.1 Å². The van der Waals surface area contributed by atoms with E-state index in [1.165, 1.54) is 75.4 Å². The van der Waals surface area contributed by atoms with Crippen molar-refractivity contribution in [1.29, 1.82) is 0 Å². The Morgan fingerprint density at radius 2 is 1.11 bits per heavy atom. The van der Waals surface area contributed by atoms with Crippen molar-refractivity contribution in [1.82, 2.24) is 0 Å². The number of benzene rings is 2. The minimum atomic E-state index is 0. The molecule has 0 fully saturated rings. The molecule has 1 aliphatic rings. The van der Waals surface area contributed by atoms with Crippen molar-refractivity contribution in [2.45, 2.75) is 78.1 Å². The zero-order valence-corrected chi connectivity index (χ0v) is 27.8. The van der Waals surface area contributed by atoms with Gasteiger partial charge in [-0.2, -0.15) is 52.6 Å². The van der Waals surface area contributed by atoms with Crippen molar-refractivity contribution in [3.05, 3.63) is 130 Å². The summed E-state index contributed by atoms with van der Waals surface area (Å²) in [6.07, 6.45) is 5.44. The van der Waals surface area contributed by atoms with E-state index in [4.69, 9.17) is 0 Å². The summed E-state index contributed by atoms with van der Waals surface area (Å²) in [5.74, 6) is 0. The summed E-state index contributed by atoms with van der Waals surface area (Å²) >= 11 is 1.46. The SMILES string of the molecule is CC(C)(C)c1c[cH-]cc1C(C)(C)C.[Cl-].[Cl-].[Zr+2]=[C](c1ccccc1)c1ccccc1.c1cc2c([cH-]1)CCCC2. The molecule has 0 nitrogen and oxygen atoms in total. The Hall–Kier alpha value is -1.53. The Kier molecular flexibility index (Phi) is 14.4. The summed E-state index contributed by atoms with van der Waals surface area (Å²) in [6.45, 7) is 13.7. The third kappa shape index (κ3) is 10.2. The summed E-state index contributed by atoms with van der Waals surface area (Å²) in [4.78, 5) is 0. The Morgan fingerprint density at radius 3 is 1.53 bits per heavy atom. The molecule has 3 heteroatoms. The molecule has 0 spiro atoms. The van der Waals surface area contributed by atoms with Crippen LogP contribution in [0.25, 0.3) is 0 Å². The fourth-order valence-corrected chi connectivity index (χ4v) is 5.54. The minimum Gasteiger partial charge on any atom is -0.210 e. The molecule has 202 valence electrons.